The second kappa shape index (κ2) is 7.69. The molecule has 0 bridgehead atoms. The van der Waals surface area contributed by atoms with Gasteiger partial charge in [0, 0.05) is 0 Å². The molecule has 4 heteroatoms. The van der Waals surface area contributed by atoms with Crippen LogP contribution in [0.4, 0.5) is 0 Å². The van der Waals surface area contributed by atoms with Crippen molar-refractivity contribution in [1.82, 2.24) is 0 Å². The molecular formula is C23H30Cl2SiTi. The summed E-state index contributed by atoms with van der Waals surface area (Å²) in [5.41, 5.74) is 7.61. The normalized spacial score (nSPS) is 16.1. The molecule has 2 aliphatic carbocycles. The Balaban J connectivity index is 0.00000131. The SMILES string of the molecule is CC(C)C1=CC[C]([Ti]([CH3])([CH3])(=[SiH2])[CH]2c3ccccc3-c3ccccc32)=C1.Cl.Cl. The number of fused-ring (bicyclic) bond motifs is 3. The molecule has 2 aromatic carbocycles. The first-order valence-corrected chi connectivity index (χ1v) is 18.3. The predicted molar refractivity (Wildman–Crippen MR) is 124 cm³/mol. The maximum Gasteiger partial charge on any atom is -0.147 e. The van der Waals surface area contributed by atoms with Crippen LogP contribution in [0.5, 0.6) is 0 Å². The summed E-state index contributed by atoms with van der Waals surface area (Å²) < 4.78 is 2.35. The minimum atomic E-state index is -2.91. The van der Waals surface area contributed by atoms with Crippen molar-refractivity contribution in [2.75, 3.05) is 0 Å². The summed E-state index contributed by atoms with van der Waals surface area (Å²) in [6.45, 7) is 4.63. The first-order chi connectivity index (χ1) is 11.8. The van der Waals surface area contributed by atoms with Crippen LogP contribution in [0.1, 0.15) is 35.6 Å². The van der Waals surface area contributed by atoms with Gasteiger partial charge in [-0.3, -0.25) is 0 Å². The van der Waals surface area contributed by atoms with E-state index in [9.17, 15) is 0 Å². The van der Waals surface area contributed by atoms with Gasteiger partial charge in [-0.2, -0.15) is 0 Å². The molecule has 0 radical (unpaired) electrons. The summed E-state index contributed by atoms with van der Waals surface area (Å²) in [4.78, 5) is 0. The summed E-state index contributed by atoms with van der Waals surface area (Å²) in [6, 6.07) is 18.2. The van der Waals surface area contributed by atoms with Crippen molar-refractivity contribution in [3.05, 3.63) is 81.3 Å². The zero-order chi connectivity index (χ0) is 17.8. The summed E-state index contributed by atoms with van der Waals surface area (Å²) in [6.07, 6.45) is 6.22. The molecule has 0 aliphatic heterocycles. The Morgan fingerprint density at radius 2 is 1.37 bits per heavy atom. The van der Waals surface area contributed by atoms with E-state index in [2.05, 4.69) is 92.6 Å². The maximum atomic E-state index is 2.65. The fourth-order valence-electron chi connectivity index (χ4n) is 4.86. The van der Waals surface area contributed by atoms with Gasteiger partial charge in [0.2, 0.25) is 0 Å². The molecule has 0 heterocycles. The Morgan fingerprint density at radius 1 is 0.889 bits per heavy atom. The summed E-state index contributed by atoms with van der Waals surface area (Å²) in [5, 5.41) is 5.31. The third kappa shape index (κ3) is 3.58. The number of halogens is 2. The van der Waals surface area contributed by atoms with Crippen LogP contribution in [-0.2, 0) is 14.0 Å². The summed E-state index contributed by atoms with van der Waals surface area (Å²) >= 11 is -2.91. The predicted octanol–water partition coefficient (Wildman–Crippen LogP) is 6.80. The molecule has 27 heavy (non-hydrogen) atoms. The fourth-order valence-corrected chi connectivity index (χ4v) is 14.4. The number of hydrogen-bond donors (Lipinski definition) is 0. The van der Waals surface area contributed by atoms with E-state index in [4.69, 9.17) is 0 Å². The first-order valence-electron chi connectivity index (χ1n) is 9.45. The van der Waals surface area contributed by atoms with Crippen LogP contribution in [0.3, 0.4) is 0 Å². The monoisotopic (exact) mass is 452 g/mol. The van der Waals surface area contributed by atoms with Crippen LogP contribution in [0.25, 0.3) is 11.1 Å². The van der Waals surface area contributed by atoms with Crippen molar-refractivity contribution in [3.8, 4) is 11.1 Å². The largest absolute Gasteiger partial charge is 0.147 e. The van der Waals surface area contributed by atoms with Gasteiger partial charge < -0.3 is 0 Å². The van der Waals surface area contributed by atoms with Crippen molar-refractivity contribution >= 4 is 32.4 Å². The minimum absolute atomic E-state index is 0. The third-order valence-corrected chi connectivity index (χ3v) is 17.6. The second-order valence-electron chi connectivity index (χ2n) is 9.15. The van der Waals surface area contributed by atoms with Gasteiger partial charge in [0.05, 0.1) is 0 Å². The van der Waals surface area contributed by atoms with Crippen LogP contribution in [0, 0.1) is 5.92 Å². The molecule has 0 saturated carbocycles. The van der Waals surface area contributed by atoms with Crippen LogP contribution in [0.15, 0.2) is 70.1 Å². The molecule has 2 aliphatic rings. The Kier molecular flexibility index (Phi) is 6.47. The van der Waals surface area contributed by atoms with Crippen molar-refractivity contribution in [2.45, 2.75) is 34.9 Å². The molecule has 0 atom stereocenters. The first kappa shape index (κ1) is 22.7. The van der Waals surface area contributed by atoms with Gasteiger partial charge in [0.1, 0.15) is 0 Å². The van der Waals surface area contributed by atoms with Crippen LogP contribution < -0.4 is 0 Å². The van der Waals surface area contributed by atoms with Crippen molar-refractivity contribution in [3.63, 3.8) is 0 Å². The second-order valence-corrected chi connectivity index (χ2v) is 28.8. The third-order valence-electron chi connectivity index (χ3n) is 6.38. The average Bonchev–Trinajstić information content (AvgIpc) is 3.19. The van der Waals surface area contributed by atoms with Gasteiger partial charge in [0.25, 0.3) is 0 Å². The Labute approximate surface area is 178 Å². The number of hydrogen-bond acceptors (Lipinski definition) is 0. The molecule has 0 spiro atoms. The molecule has 0 N–H and O–H groups in total. The summed E-state index contributed by atoms with van der Waals surface area (Å²) in [5.74, 6) is 0.631. The van der Waals surface area contributed by atoms with Crippen LogP contribution in [-0.4, -0.2) is 7.63 Å². The maximum absolute atomic E-state index is 2.91. The molecule has 0 unspecified atom stereocenters. The molecule has 0 nitrogen and oxygen atoms in total. The van der Waals surface area contributed by atoms with E-state index in [1.54, 1.807) is 20.6 Å². The number of benzene rings is 2. The minimum Gasteiger partial charge on any atom is -0.147 e. The van der Waals surface area contributed by atoms with Gasteiger partial charge in [0.15, 0.2) is 0 Å². The molecular weight excluding hydrogens is 423 g/mol. The van der Waals surface area contributed by atoms with Gasteiger partial charge in [-0.15, -0.1) is 24.8 Å². The molecule has 4 rings (SSSR count). The zero-order valence-electron chi connectivity index (χ0n) is 16.7. The van der Waals surface area contributed by atoms with E-state index in [1.807, 2.05) is 0 Å². The van der Waals surface area contributed by atoms with Crippen LogP contribution >= 0.6 is 24.8 Å². The van der Waals surface area contributed by atoms with E-state index in [0.29, 0.717) is 10.1 Å². The molecule has 2 aromatic rings. The molecule has 0 amide bonds. The fraction of sp³-hybridized carbons (Fsp3) is 0.304. The topological polar surface area (TPSA) is 0 Å². The summed E-state index contributed by atoms with van der Waals surface area (Å²) in [7, 11) is 2.38. The van der Waals surface area contributed by atoms with Gasteiger partial charge >= 0.3 is 155 Å². The van der Waals surface area contributed by atoms with E-state index in [1.165, 1.54) is 17.5 Å². The van der Waals surface area contributed by atoms with Crippen LogP contribution in [0.2, 0.25) is 10.5 Å². The molecule has 0 aromatic heterocycles. The Hall–Kier alpha value is -0.569. The standard InChI is InChI=1S/C13H9.C8H11.2CH3.2ClH.H2Si.Ti/c1-3-7-12-10(5-1)9-11-6-2-4-8-13(11)12;1-7(2)8-5-3-4-6-8;;;;;;/h1-9H;5-7H,3H2,1-2H3;2*1H3;2*1H;1H2;. The molecule has 144 valence electrons. The van der Waals surface area contributed by atoms with Gasteiger partial charge in [-0.05, 0) is 0 Å². The smallest absolute Gasteiger partial charge is 0.147 e. The van der Waals surface area contributed by atoms with Crippen molar-refractivity contribution < 1.29 is 14.0 Å². The molecule has 0 fully saturated rings. The zero-order valence-corrected chi connectivity index (χ0v) is 21.3. The van der Waals surface area contributed by atoms with Crippen molar-refractivity contribution in [1.29, 1.82) is 0 Å². The van der Waals surface area contributed by atoms with E-state index in [0.717, 1.165) is 0 Å². The van der Waals surface area contributed by atoms with Crippen molar-refractivity contribution in [2.24, 2.45) is 5.92 Å². The Bertz CT molecular complexity index is 949. The number of allylic oxidation sites excluding steroid dienone is 4. The Morgan fingerprint density at radius 3 is 1.81 bits per heavy atom. The quantitative estimate of drug-likeness (QED) is 0.449. The molecule has 0 saturated heterocycles. The van der Waals surface area contributed by atoms with E-state index in [-0.39, 0.29) is 24.8 Å². The van der Waals surface area contributed by atoms with E-state index < -0.39 is 14.0 Å². The van der Waals surface area contributed by atoms with Gasteiger partial charge in [-0.25, -0.2) is 0 Å². The van der Waals surface area contributed by atoms with E-state index >= 15 is 0 Å². The average molecular weight is 453 g/mol. The number of rotatable bonds is 3. The van der Waals surface area contributed by atoms with Gasteiger partial charge in [-0.1, -0.05) is 0 Å².